The van der Waals surface area contributed by atoms with Gasteiger partial charge in [-0.2, -0.15) is 17.5 Å². The van der Waals surface area contributed by atoms with Crippen LogP contribution in [0.1, 0.15) is 50.6 Å². The third-order valence-corrected chi connectivity index (χ3v) is 4.90. The lowest BCUT2D eigenvalue weighted by atomic mass is 10.0. The van der Waals surface area contributed by atoms with E-state index in [4.69, 9.17) is 4.79 Å². The molecule has 0 atom stereocenters. The van der Waals surface area contributed by atoms with Crippen LogP contribution in [0.3, 0.4) is 0 Å². The molecule has 0 aliphatic heterocycles. The number of terminal acetylenes is 1. The number of rotatable bonds is 5. The van der Waals surface area contributed by atoms with Gasteiger partial charge in [-0.05, 0) is 61.0 Å². The molecular formula is C26H31F3N2O2S. The van der Waals surface area contributed by atoms with Gasteiger partial charge in [-0.15, -0.1) is 12.8 Å². The molecule has 0 spiro atoms. The van der Waals surface area contributed by atoms with Crippen molar-refractivity contribution in [3.05, 3.63) is 64.9 Å². The molecule has 0 aliphatic carbocycles. The van der Waals surface area contributed by atoms with Crippen molar-refractivity contribution in [3.63, 3.8) is 0 Å². The van der Waals surface area contributed by atoms with Crippen LogP contribution in [0.5, 0.6) is 5.75 Å². The summed E-state index contributed by atoms with van der Waals surface area (Å²) in [4.78, 5) is 12.8. The zero-order valence-electron chi connectivity index (χ0n) is 20.1. The quantitative estimate of drug-likeness (QED) is 0.277. The molecule has 0 amide bonds. The average Bonchev–Trinajstić information content (AvgIpc) is 3.25. The number of benzene rings is 1. The first-order chi connectivity index (χ1) is 16.1. The lowest BCUT2D eigenvalue weighted by molar-refractivity contribution is -0.153. The van der Waals surface area contributed by atoms with Crippen molar-refractivity contribution < 1.29 is 22.7 Å². The Labute approximate surface area is 204 Å². The molecule has 0 fully saturated rings. The first-order valence-electron chi connectivity index (χ1n) is 10.5. The van der Waals surface area contributed by atoms with Crippen LogP contribution in [0.25, 0.3) is 11.1 Å². The minimum absolute atomic E-state index is 0.136. The Morgan fingerprint density at radius 3 is 2.09 bits per heavy atom. The van der Waals surface area contributed by atoms with Gasteiger partial charge in [-0.25, -0.2) is 0 Å². The molecule has 0 aliphatic rings. The van der Waals surface area contributed by atoms with Crippen molar-refractivity contribution >= 4 is 17.8 Å². The number of pyridine rings is 1. The van der Waals surface area contributed by atoms with Crippen LogP contribution in [0.4, 0.5) is 13.2 Å². The third kappa shape index (κ3) is 12.2. The highest BCUT2D eigenvalue weighted by Crippen LogP contribution is 2.24. The smallest absolute Gasteiger partial charge is 0.422 e. The molecule has 3 rings (SSSR count). The number of alkyl halides is 3. The lowest BCUT2D eigenvalue weighted by Gasteiger charge is -2.09. The molecule has 2 aromatic heterocycles. The second-order valence-electron chi connectivity index (χ2n) is 7.08. The first-order valence-corrected chi connectivity index (χ1v) is 11.3. The molecule has 34 heavy (non-hydrogen) atoms. The molecule has 0 saturated heterocycles. The Morgan fingerprint density at radius 1 is 1.12 bits per heavy atom. The maximum atomic E-state index is 11.8. The minimum Gasteiger partial charge on any atom is -0.483 e. The van der Waals surface area contributed by atoms with E-state index in [9.17, 15) is 13.2 Å². The molecule has 184 valence electrons. The normalized spacial score (nSPS) is 9.97. The number of halogens is 3. The lowest BCUT2D eigenvalue weighted by Crippen LogP contribution is -2.19. The van der Waals surface area contributed by atoms with Crippen molar-refractivity contribution in [2.24, 2.45) is 0 Å². The van der Waals surface area contributed by atoms with Crippen LogP contribution >= 0.6 is 11.5 Å². The molecule has 2 heterocycles. The van der Waals surface area contributed by atoms with Crippen molar-refractivity contribution in [1.82, 2.24) is 9.36 Å². The van der Waals surface area contributed by atoms with Crippen molar-refractivity contribution in [3.8, 4) is 29.7 Å². The van der Waals surface area contributed by atoms with Gasteiger partial charge in [0.2, 0.25) is 0 Å². The largest absolute Gasteiger partial charge is 0.483 e. The summed E-state index contributed by atoms with van der Waals surface area (Å²) in [6, 6.07) is 11.9. The standard InChI is InChI=1S/C12H13NS.C10H12F3NO.C2H4O.C2H2/c1-3-10-4-6-11(7-5-10)12-8-14-13-9(12)2;1-7(2)9-4-3-8(5-14-9)15-6-10(11,12)13;1-2-3;1-2/h4-8H,3H2,1-2H3;3-5,7H,6H2,1-2H3;2H,1H3;1-2H. The Balaban J connectivity index is 0.000000540. The number of aromatic nitrogens is 2. The predicted octanol–water partition coefficient (Wildman–Crippen LogP) is 7.28. The van der Waals surface area contributed by atoms with Crippen molar-refractivity contribution in [2.75, 3.05) is 6.61 Å². The number of carbonyl (C=O) groups is 1. The maximum Gasteiger partial charge on any atom is 0.422 e. The number of carbonyl (C=O) groups excluding carboxylic acids is 1. The summed E-state index contributed by atoms with van der Waals surface area (Å²) in [5.41, 5.74) is 5.87. The second-order valence-corrected chi connectivity index (χ2v) is 7.71. The number of hydrogen-bond donors (Lipinski definition) is 0. The van der Waals surface area contributed by atoms with Crippen LogP contribution in [-0.4, -0.2) is 28.4 Å². The van der Waals surface area contributed by atoms with Crippen LogP contribution in [0, 0.1) is 19.8 Å². The number of hydrogen-bond acceptors (Lipinski definition) is 5. The van der Waals surface area contributed by atoms with Gasteiger partial charge in [-0.3, -0.25) is 4.98 Å². The minimum atomic E-state index is -4.31. The number of aryl methyl sites for hydroxylation is 2. The molecule has 0 N–H and O–H groups in total. The first kappa shape index (κ1) is 30.8. The topological polar surface area (TPSA) is 52.1 Å². The van der Waals surface area contributed by atoms with E-state index in [-0.39, 0.29) is 11.7 Å². The van der Waals surface area contributed by atoms with Crippen LogP contribution in [0.2, 0.25) is 0 Å². The highest BCUT2D eigenvalue weighted by molar-refractivity contribution is 7.04. The van der Waals surface area contributed by atoms with Gasteiger partial charge in [0.25, 0.3) is 0 Å². The molecule has 0 saturated carbocycles. The number of ether oxygens (including phenoxy) is 1. The van der Waals surface area contributed by atoms with E-state index in [2.05, 4.69) is 70.4 Å². The van der Waals surface area contributed by atoms with E-state index in [1.165, 1.54) is 47.4 Å². The molecule has 0 bridgehead atoms. The molecule has 4 nitrogen and oxygen atoms in total. The Morgan fingerprint density at radius 2 is 1.71 bits per heavy atom. The summed E-state index contributed by atoms with van der Waals surface area (Å²) in [6.45, 7) is 8.30. The summed E-state index contributed by atoms with van der Waals surface area (Å²) >= 11 is 1.52. The Bertz CT molecular complexity index is 964. The fraction of sp³-hybridized carbons (Fsp3) is 0.346. The zero-order chi connectivity index (χ0) is 26.1. The van der Waals surface area contributed by atoms with Gasteiger partial charge in [0, 0.05) is 16.6 Å². The molecule has 0 radical (unpaired) electrons. The molecular weight excluding hydrogens is 461 g/mol. The molecule has 8 heteroatoms. The predicted molar refractivity (Wildman–Crippen MR) is 133 cm³/mol. The van der Waals surface area contributed by atoms with Crippen LogP contribution in [0.15, 0.2) is 48.0 Å². The summed E-state index contributed by atoms with van der Waals surface area (Å²) < 4.78 is 44.2. The number of nitrogens with zero attached hydrogens (tertiary/aromatic N) is 2. The van der Waals surface area contributed by atoms with E-state index < -0.39 is 12.8 Å². The van der Waals surface area contributed by atoms with E-state index in [1.54, 1.807) is 6.07 Å². The highest BCUT2D eigenvalue weighted by Gasteiger charge is 2.28. The highest BCUT2D eigenvalue weighted by atomic mass is 32.1. The van der Waals surface area contributed by atoms with E-state index >= 15 is 0 Å². The van der Waals surface area contributed by atoms with E-state index in [0.29, 0.717) is 0 Å². The van der Waals surface area contributed by atoms with E-state index in [0.717, 1.165) is 24.1 Å². The Kier molecular flexibility index (Phi) is 14.9. The summed E-state index contributed by atoms with van der Waals surface area (Å²) in [5.74, 6) is 0.387. The van der Waals surface area contributed by atoms with Gasteiger partial charge in [-0.1, -0.05) is 45.0 Å². The van der Waals surface area contributed by atoms with Gasteiger partial charge in [0.15, 0.2) is 6.61 Å². The summed E-state index contributed by atoms with van der Waals surface area (Å²) in [7, 11) is 0. The fourth-order valence-corrected chi connectivity index (χ4v) is 3.19. The summed E-state index contributed by atoms with van der Waals surface area (Å²) in [5, 5.41) is 2.11. The zero-order valence-corrected chi connectivity index (χ0v) is 20.9. The van der Waals surface area contributed by atoms with Gasteiger partial charge < -0.3 is 9.53 Å². The molecule has 0 unspecified atom stereocenters. The van der Waals surface area contributed by atoms with Gasteiger partial charge in [0.05, 0.1) is 11.9 Å². The van der Waals surface area contributed by atoms with Gasteiger partial charge in [0.1, 0.15) is 12.0 Å². The SMILES string of the molecule is C#C.CC(C)c1ccc(OCC(F)(F)F)cn1.CC=O.CCc1ccc(-c2csnc2C)cc1. The van der Waals surface area contributed by atoms with Crippen LogP contribution < -0.4 is 4.74 Å². The third-order valence-electron chi connectivity index (χ3n) is 4.18. The number of aldehydes is 1. The maximum absolute atomic E-state index is 11.8. The van der Waals surface area contributed by atoms with Crippen LogP contribution in [-0.2, 0) is 11.2 Å². The van der Waals surface area contributed by atoms with Crippen molar-refractivity contribution in [1.29, 1.82) is 0 Å². The average molecular weight is 493 g/mol. The van der Waals surface area contributed by atoms with E-state index in [1.807, 2.05) is 13.8 Å². The monoisotopic (exact) mass is 492 g/mol. The van der Waals surface area contributed by atoms with Crippen molar-refractivity contribution in [2.45, 2.75) is 53.1 Å². The second kappa shape index (κ2) is 16.4. The van der Waals surface area contributed by atoms with Gasteiger partial charge >= 0.3 is 6.18 Å². The Hall–Kier alpha value is -3.18. The molecule has 1 aromatic carbocycles. The molecule has 3 aromatic rings. The fourth-order valence-electron chi connectivity index (χ4n) is 2.47. The summed E-state index contributed by atoms with van der Waals surface area (Å²) in [6.07, 6.45) is 6.85.